The van der Waals surface area contributed by atoms with Gasteiger partial charge in [0.05, 0.1) is 0 Å². The Hall–Kier alpha value is -0.580. The molecule has 0 saturated heterocycles. The average Bonchev–Trinajstić information content (AvgIpc) is 2.58. The number of hydrogen-bond donors (Lipinski definition) is 0. The molecule has 0 N–H and O–H groups in total. The van der Waals surface area contributed by atoms with Gasteiger partial charge >= 0.3 is 0 Å². The lowest BCUT2D eigenvalue weighted by atomic mass is 10.0. The van der Waals surface area contributed by atoms with Crippen LogP contribution in [0.2, 0.25) is 0 Å². The third-order valence-corrected chi connectivity index (χ3v) is 4.36. The Morgan fingerprint density at radius 2 is 2.07 bits per heavy atom. The summed E-state index contributed by atoms with van der Waals surface area (Å²) in [6, 6.07) is 10.1. The number of aliphatic imine (C=N–C) groups is 1. The molecule has 0 aromatic heterocycles. The van der Waals surface area contributed by atoms with Crippen LogP contribution in [-0.4, -0.2) is 22.0 Å². The van der Waals surface area contributed by atoms with Crippen LogP contribution >= 0.6 is 22.6 Å². The first-order chi connectivity index (χ1) is 7.15. The van der Waals surface area contributed by atoms with Gasteiger partial charge in [-0.15, -0.1) is 0 Å². The average molecular weight is 315 g/mol. The third-order valence-electron chi connectivity index (χ3n) is 2.81. The van der Waals surface area contributed by atoms with Gasteiger partial charge in [-0.05, 0) is 26.0 Å². The molecule has 1 aromatic rings. The van der Waals surface area contributed by atoms with Gasteiger partial charge in [0.2, 0.25) is 5.90 Å². The molecule has 1 aliphatic heterocycles. The van der Waals surface area contributed by atoms with Crippen molar-refractivity contribution in [2.45, 2.75) is 25.5 Å². The smallest absolute Gasteiger partial charge is 0.217 e. The van der Waals surface area contributed by atoms with Crippen molar-refractivity contribution in [3.8, 4) is 0 Å². The molecule has 2 nitrogen and oxygen atoms in total. The lowest BCUT2D eigenvalue weighted by molar-refractivity contribution is 0.179. The number of rotatable bonds is 2. The fourth-order valence-corrected chi connectivity index (χ4v) is 2.29. The van der Waals surface area contributed by atoms with Gasteiger partial charge in [-0.1, -0.05) is 40.8 Å². The van der Waals surface area contributed by atoms with Gasteiger partial charge in [0.25, 0.3) is 0 Å². The van der Waals surface area contributed by atoms with Crippen molar-refractivity contribution in [3.63, 3.8) is 0 Å². The van der Waals surface area contributed by atoms with E-state index in [1.165, 1.54) is 0 Å². The monoisotopic (exact) mass is 315 g/mol. The topological polar surface area (TPSA) is 21.6 Å². The molecule has 0 saturated carbocycles. The second-order valence-corrected chi connectivity index (χ2v) is 4.80. The Kier molecular flexibility index (Phi) is 3.00. The minimum absolute atomic E-state index is 0.0776. The third kappa shape index (κ3) is 2.02. The van der Waals surface area contributed by atoms with E-state index in [0.717, 1.165) is 15.9 Å². The lowest BCUT2D eigenvalue weighted by Crippen LogP contribution is -2.33. The molecule has 0 radical (unpaired) electrons. The summed E-state index contributed by atoms with van der Waals surface area (Å²) in [5, 5.41) is 0. The summed E-state index contributed by atoms with van der Waals surface area (Å²) in [5.41, 5.74) is 0.990. The summed E-state index contributed by atoms with van der Waals surface area (Å²) in [7, 11) is 0. The van der Waals surface area contributed by atoms with E-state index < -0.39 is 0 Å². The molecule has 0 spiro atoms. The largest absolute Gasteiger partial charge is 0.472 e. The molecule has 1 aliphatic rings. The number of nitrogens with zero attached hydrogens (tertiary/aromatic N) is 1. The van der Waals surface area contributed by atoms with Gasteiger partial charge in [-0.3, -0.25) is 0 Å². The zero-order valence-corrected chi connectivity index (χ0v) is 11.1. The molecule has 80 valence electrons. The molecule has 0 unspecified atom stereocenters. The second-order valence-electron chi connectivity index (χ2n) is 4.03. The highest BCUT2D eigenvalue weighted by Gasteiger charge is 2.38. The maximum absolute atomic E-state index is 5.80. The quantitative estimate of drug-likeness (QED) is 0.607. The summed E-state index contributed by atoms with van der Waals surface area (Å²) in [6.45, 7) is 4.22. The highest BCUT2D eigenvalue weighted by atomic mass is 127. The van der Waals surface area contributed by atoms with Crippen LogP contribution in [-0.2, 0) is 4.74 Å². The minimum Gasteiger partial charge on any atom is -0.472 e. The van der Waals surface area contributed by atoms with Gasteiger partial charge in [0, 0.05) is 9.99 Å². The molecular formula is C12H14INO. The van der Waals surface area contributed by atoms with E-state index in [2.05, 4.69) is 41.4 Å². The van der Waals surface area contributed by atoms with E-state index in [1.807, 2.05) is 30.3 Å². The van der Waals surface area contributed by atoms with Crippen LogP contribution in [0.1, 0.15) is 19.4 Å². The van der Waals surface area contributed by atoms with Crippen LogP contribution in [0.25, 0.3) is 0 Å². The van der Waals surface area contributed by atoms with Crippen molar-refractivity contribution >= 4 is 28.5 Å². The summed E-state index contributed by atoms with van der Waals surface area (Å²) in [4.78, 5) is 4.68. The van der Waals surface area contributed by atoms with Crippen LogP contribution in [0.5, 0.6) is 0 Å². The Bertz CT molecular complexity index is 376. The van der Waals surface area contributed by atoms with Gasteiger partial charge < -0.3 is 4.74 Å². The first kappa shape index (κ1) is 10.9. The van der Waals surface area contributed by atoms with Crippen molar-refractivity contribution in [2.75, 3.05) is 4.43 Å². The summed E-state index contributed by atoms with van der Waals surface area (Å²) in [6.07, 6.45) is 0.157. The van der Waals surface area contributed by atoms with E-state index in [4.69, 9.17) is 4.74 Å². The molecular weight excluding hydrogens is 301 g/mol. The normalized spacial score (nSPS) is 29.8. The Morgan fingerprint density at radius 1 is 1.40 bits per heavy atom. The van der Waals surface area contributed by atoms with Gasteiger partial charge in [0.15, 0.2) is 0 Å². The predicted octanol–water partition coefficient (Wildman–Crippen LogP) is 3.05. The number of alkyl halides is 1. The maximum Gasteiger partial charge on any atom is 0.217 e. The minimum atomic E-state index is -0.0776. The Labute approximate surface area is 104 Å². The molecule has 1 aromatic carbocycles. The standard InChI is InChI=1S/C12H14INO/c1-9-12(2,8-13)14-11(15-9)10-6-4-3-5-7-10/h3-7,9H,8H2,1-2H3/t9-,12+/m0/s1. The van der Waals surface area contributed by atoms with Crippen LogP contribution in [0, 0.1) is 0 Å². The molecule has 0 bridgehead atoms. The van der Waals surface area contributed by atoms with Crippen LogP contribution < -0.4 is 0 Å². The molecule has 0 fully saturated rings. The summed E-state index contributed by atoms with van der Waals surface area (Å²) >= 11 is 2.36. The highest BCUT2D eigenvalue weighted by molar-refractivity contribution is 14.1. The van der Waals surface area contributed by atoms with Crippen LogP contribution in [0.4, 0.5) is 0 Å². The Balaban J connectivity index is 2.31. The molecule has 0 aliphatic carbocycles. The van der Waals surface area contributed by atoms with Crippen molar-refractivity contribution in [1.82, 2.24) is 0 Å². The van der Waals surface area contributed by atoms with E-state index in [1.54, 1.807) is 0 Å². The number of halogens is 1. The molecule has 3 heteroatoms. The van der Waals surface area contributed by atoms with Gasteiger partial charge in [0.1, 0.15) is 11.6 Å². The fourth-order valence-electron chi connectivity index (χ4n) is 1.50. The number of benzene rings is 1. The maximum atomic E-state index is 5.80. The molecule has 2 rings (SSSR count). The van der Waals surface area contributed by atoms with Crippen LogP contribution in [0.15, 0.2) is 35.3 Å². The van der Waals surface area contributed by atoms with Crippen LogP contribution in [0.3, 0.4) is 0 Å². The SMILES string of the molecule is C[C@@H]1OC(c2ccccc2)=N[C@]1(C)CI. The zero-order valence-electron chi connectivity index (χ0n) is 8.90. The van der Waals surface area contributed by atoms with Gasteiger partial charge in [-0.2, -0.15) is 0 Å². The molecule has 0 amide bonds. The first-order valence-corrected chi connectivity index (χ1v) is 6.56. The van der Waals surface area contributed by atoms with Crippen molar-refractivity contribution < 1.29 is 4.74 Å². The predicted molar refractivity (Wildman–Crippen MR) is 70.8 cm³/mol. The summed E-state index contributed by atoms with van der Waals surface area (Å²) in [5.74, 6) is 0.780. The van der Waals surface area contributed by atoms with E-state index in [-0.39, 0.29) is 11.6 Å². The van der Waals surface area contributed by atoms with Crippen molar-refractivity contribution in [2.24, 2.45) is 4.99 Å². The molecule has 2 atom stereocenters. The van der Waals surface area contributed by atoms with E-state index >= 15 is 0 Å². The molecule has 1 heterocycles. The summed E-state index contributed by atoms with van der Waals surface area (Å²) < 4.78 is 6.77. The zero-order chi connectivity index (χ0) is 10.9. The second kappa shape index (κ2) is 4.12. The number of hydrogen-bond acceptors (Lipinski definition) is 2. The fraction of sp³-hybridized carbons (Fsp3) is 0.417. The van der Waals surface area contributed by atoms with Crippen molar-refractivity contribution in [1.29, 1.82) is 0 Å². The van der Waals surface area contributed by atoms with Gasteiger partial charge in [-0.25, -0.2) is 4.99 Å². The highest BCUT2D eigenvalue weighted by Crippen LogP contribution is 2.29. The molecule has 15 heavy (non-hydrogen) atoms. The number of ether oxygens (including phenoxy) is 1. The first-order valence-electron chi connectivity index (χ1n) is 5.03. The van der Waals surface area contributed by atoms with Crippen molar-refractivity contribution in [3.05, 3.63) is 35.9 Å². The lowest BCUT2D eigenvalue weighted by Gasteiger charge is -2.21. The Morgan fingerprint density at radius 3 is 2.60 bits per heavy atom. The van der Waals surface area contributed by atoms with E-state index in [0.29, 0.717) is 0 Å². The van der Waals surface area contributed by atoms with E-state index in [9.17, 15) is 0 Å².